The van der Waals surface area contributed by atoms with E-state index in [1.54, 1.807) is 0 Å². The summed E-state index contributed by atoms with van der Waals surface area (Å²) in [5.74, 6) is 0.434. The largest absolute Gasteiger partial charge is 0.344 e. The zero-order valence-corrected chi connectivity index (χ0v) is 16.2. The normalized spacial score (nSPS) is 10.8. The summed E-state index contributed by atoms with van der Waals surface area (Å²) < 4.78 is 2.30. The van der Waals surface area contributed by atoms with Gasteiger partial charge in [-0.15, -0.1) is 11.3 Å². The lowest BCUT2D eigenvalue weighted by molar-refractivity contribution is -0.113. The maximum Gasteiger partial charge on any atom is 0.236 e. The van der Waals surface area contributed by atoms with Crippen LogP contribution in [0.25, 0.3) is 11.3 Å². The summed E-state index contributed by atoms with van der Waals surface area (Å²) in [5.41, 5.74) is 5.71. The lowest BCUT2D eigenvalue weighted by Gasteiger charge is -2.09. The summed E-state index contributed by atoms with van der Waals surface area (Å²) in [7, 11) is 0. The van der Waals surface area contributed by atoms with Crippen molar-refractivity contribution in [3.8, 4) is 11.3 Å². The fourth-order valence-electron chi connectivity index (χ4n) is 2.81. The minimum Gasteiger partial charge on any atom is -0.344 e. The number of hydrogen-bond donors (Lipinski definition) is 1. The van der Waals surface area contributed by atoms with Gasteiger partial charge in [0.15, 0.2) is 5.13 Å². The van der Waals surface area contributed by atoms with Crippen molar-refractivity contribution in [2.75, 3.05) is 17.3 Å². The quantitative estimate of drug-likeness (QED) is 0.690. The van der Waals surface area contributed by atoms with Gasteiger partial charge in [0.1, 0.15) is 0 Å². The Morgan fingerprint density at radius 1 is 1.28 bits per heavy atom. The first kappa shape index (κ1) is 17.8. The molecular weight excluding hydrogens is 350 g/mol. The second-order valence-electron chi connectivity index (χ2n) is 5.88. The number of amides is 1. The molecule has 25 heavy (non-hydrogen) atoms. The molecule has 4 nitrogen and oxygen atoms in total. The van der Waals surface area contributed by atoms with Gasteiger partial charge in [0.25, 0.3) is 0 Å². The van der Waals surface area contributed by atoms with Crippen molar-refractivity contribution in [3.05, 3.63) is 58.7 Å². The van der Waals surface area contributed by atoms with Crippen molar-refractivity contribution in [2.24, 2.45) is 0 Å². The van der Waals surface area contributed by atoms with Crippen LogP contribution in [-0.4, -0.2) is 27.5 Å². The molecule has 1 aromatic carbocycles. The fourth-order valence-corrected chi connectivity index (χ4v) is 3.87. The maximum absolute atomic E-state index is 11.7. The van der Waals surface area contributed by atoms with Gasteiger partial charge in [-0.3, -0.25) is 4.79 Å². The van der Waals surface area contributed by atoms with Gasteiger partial charge in [0, 0.05) is 28.9 Å². The topological polar surface area (TPSA) is 46.9 Å². The van der Waals surface area contributed by atoms with E-state index in [-0.39, 0.29) is 5.91 Å². The summed E-state index contributed by atoms with van der Waals surface area (Å²) in [4.78, 5) is 16.3. The smallest absolute Gasteiger partial charge is 0.236 e. The summed E-state index contributed by atoms with van der Waals surface area (Å²) >= 11 is 2.97. The van der Waals surface area contributed by atoms with Crippen molar-refractivity contribution in [2.45, 2.75) is 20.4 Å². The van der Waals surface area contributed by atoms with Crippen LogP contribution in [0, 0.1) is 13.8 Å². The molecule has 0 spiro atoms. The van der Waals surface area contributed by atoms with Crippen molar-refractivity contribution in [1.29, 1.82) is 0 Å². The molecule has 2 aromatic heterocycles. The van der Waals surface area contributed by atoms with Gasteiger partial charge in [-0.25, -0.2) is 4.98 Å². The Balaban J connectivity index is 1.83. The van der Waals surface area contributed by atoms with E-state index >= 15 is 0 Å². The number of aromatic nitrogens is 2. The van der Waals surface area contributed by atoms with Gasteiger partial charge in [-0.2, -0.15) is 11.8 Å². The second kappa shape index (κ2) is 7.89. The number of thiazole rings is 1. The number of anilines is 1. The molecule has 0 unspecified atom stereocenters. The highest BCUT2D eigenvalue weighted by Crippen LogP contribution is 2.30. The minimum atomic E-state index is -0.0112. The number of aryl methyl sites for hydroxylation is 1. The maximum atomic E-state index is 11.7. The number of nitrogens with one attached hydrogen (secondary N) is 1. The number of carbonyl (C=O) groups is 1. The number of rotatable bonds is 6. The van der Waals surface area contributed by atoms with Crippen molar-refractivity contribution >= 4 is 34.1 Å². The highest BCUT2D eigenvalue weighted by Gasteiger charge is 2.14. The molecule has 1 amide bonds. The highest BCUT2D eigenvalue weighted by molar-refractivity contribution is 7.99. The number of nitrogens with zero attached hydrogens (tertiary/aromatic N) is 2. The third-order valence-electron chi connectivity index (χ3n) is 4.06. The molecule has 3 rings (SSSR count). The van der Waals surface area contributed by atoms with E-state index in [1.165, 1.54) is 40.0 Å². The van der Waals surface area contributed by atoms with Crippen LogP contribution in [-0.2, 0) is 11.3 Å². The van der Waals surface area contributed by atoms with Crippen LogP contribution in [0.3, 0.4) is 0 Å². The Bertz CT molecular complexity index is 868. The average Bonchev–Trinajstić information content (AvgIpc) is 3.15. The van der Waals surface area contributed by atoms with Crippen molar-refractivity contribution < 1.29 is 4.79 Å². The predicted octanol–water partition coefficient (Wildman–Crippen LogP) is 4.58. The molecule has 3 aromatic rings. The van der Waals surface area contributed by atoms with Crippen LogP contribution in [0.5, 0.6) is 0 Å². The van der Waals surface area contributed by atoms with Crippen LogP contribution in [0.15, 0.2) is 41.8 Å². The molecule has 0 radical (unpaired) electrons. The average molecular weight is 372 g/mol. The van der Waals surface area contributed by atoms with Crippen LogP contribution in [0.2, 0.25) is 0 Å². The van der Waals surface area contributed by atoms with Crippen molar-refractivity contribution in [3.63, 3.8) is 0 Å². The molecule has 0 fully saturated rings. The molecule has 0 aliphatic carbocycles. The minimum absolute atomic E-state index is 0.0112. The SMILES string of the molecule is CSCC(=O)Nc1nc(-c2cc(C)n(Cc3ccccc3)c2C)cs1. The Labute approximate surface area is 156 Å². The van der Waals surface area contributed by atoms with Gasteiger partial charge >= 0.3 is 0 Å². The van der Waals surface area contributed by atoms with Crippen LogP contribution in [0.1, 0.15) is 17.0 Å². The van der Waals surface area contributed by atoms with E-state index in [0.29, 0.717) is 10.9 Å². The molecule has 6 heteroatoms. The summed E-state index contributed by atoms with van der Waals surface area (Å²) in [6.07, 6.45) is 1.91. The molecule has 0 saturated carbocycles. The fraction of sp³-hybridized carbons (Fsp3) is 0.263. The van der Waals surface area contributed by atoms with Crippen LogP contribution >= 0.6 is 23.1 Å². The molecule has 1 N–H and O–H groups in total. The first-order valence-electron chi connectivity index (χ1n) is 8.04. The van der Waals surface area contributed by atoms with Crippen LogP contribution < -0.4 is 5.32 Å². The second-order valence-corrected chi connectivity index (χ2v) is 7.60. The van der Waals surface area contributed by atoms with Gasteiger partial charge in [0.05, 0.1) is 11.4 Å². The Morgan fingerprint density at radius 3 is 2.76 bits per heavy atom. The third kappa shape index (κ3) is 4.14. The summed E-state index contributed by atoms with van der Waals surface area (Å²) in [6, 6.07) is 12.6. The molecule has 0 atom stereocenters. The number of benzene rings is 1. The molecule has 0 bridgehead atoms. The molecule has 0 aliphatic rings. The molecule has 2 heterocycles. The lowest BCUT2D eigenvalue weighted by atomic mass is 10.2. The van der Waals surface area contributed by atoms with E-state index in [1.807, 2.05) is 17.7 Å². The van der Waals surface area contributed by atoms with Gasteiger partial charge in [-0.1, -0.05) is 30.3 Å². The van der Waals surface area contributed by atoms with Crippen molar-refractivity contribution in [1.82, 2.24) is 9.55 Å². The van der Waals surface area contributed by atoms with E-state index in [0.717, 1.165) is 17.8 Å². The number of carbonyl (C=O) groups excluding carboxylic acids is 1. The monoisotopic (exact) mass is 371 g/mol. The zero-order valence-electron chi connectivity index (χ0n) is 14.6. The van der Waals surface area contributed by atoms with E-state index < -0.39 is 0 Å². The molecule has 130 valence electrons. The predicted molar refractivity (Wildman–Crippen MR) is 108 cm³/mol. The van der Waals surface area contributed by atoms with E-state index in [4.69, 9.17) is 0 Å². The van der Waals surface area contributed by atoms with Gasteiger partial charge in [0.2, 0.25) is 5.91 Å². The van der Waals surface area contributed by atoms with Crippen LogP contribution in [0.4, 0.5) is 5.13 Å². The highest BCUT2D eigenvalue weighted by atomic mass is 32.2. The first-order chi connectivity index (χ1) is 12.1. The first-order valence-corrected chi connectivity index (χ1v) is 10.3. The third-order valence-corrected chi connectivity index (χ3v) is 5.37. The standard InChI is InChI=1S/C19H21N3OS2/c1-13-9-16(14(2)22(13)10-15-7-5-4-6-8-15)17-11-25-19(20-17)21-18(23)12-24-3/h4-9,11H,10,12H2,1-3H3,(H,20,21,23). The van der Waals surface area contributed by atoms with Gasteiger partial charge in [-0.05, 0) is 31.7 Å². The lowest BCUT2D eigenvalue weighted by Crippen LogP contribution is -2.13. The van der Waals surface area contributed by atoms with E-state index in [9.17, 15) is 4.79 Å². The Morgan fingerprint density at radius 2 is 2.04 bits per heavy atom. The Hall–Kier alpha value is -2.05. The molecule has 0 aliphatic heterocycles. The zero-order chi connectivity index (χ0) is 17.8. The summed E-state index contributed by atoms with van der Waals surface area (Å²) in [5, 5.41) is 5.51. The Kier molecular flexibility index (Phi) is 5.60. The summed E-state index contributed by atoms with van der Waals surface area (Å²) in [6.45, 7) is 5.09. The molecule has 0 saturated heterocycles. The number of hydrogen-bond acceptors (Lipinski definition) is 4. The van der Waals surface area contributed by atoms with Gasteiger partial charge < -0.3 is 9.88 Å². The van der Waals surface area contributed by atoms with E-state index in [2.05, 4.69) is 59.0 Å². The number of thioether (sulfide) groups is 1. The molecular formula is C19H21N3OS2.